The molecule has 0 bridgehead atoms. The van der Waals surface area contributed by atoms with Crippen LogP contribution in [-0.4, -0.2) is 105 Å². The zero-order valence-electron chi connectivity index (χ0n) is 20.6. The third-order valence-corrected chi connectivity index (χ3v) is 6.57. The number of rotatable bonds is 8. The number of carbonyl (C=O) groups excluding carboxylic acids is 3. The molecule has 0 saturated carbocycles. The van der Waals surface area contributed by atoms with Crippen molar-refractivity contribution in [1.82, 2.24) is 15.1 Å². The number of likely N-dealkylation sites (tertiary alicyclic amines) is 1. The SMILES string of the molecule is CCOC(=O)C1=C[C@@H](N2CCC[C@H](OCCOC(=O)N3CCOCC3)C2)[C@H](NC(C)=O)C(C)C1. The van der Waals surface area contributed by atoms with Gasteiger partial charge in [0.05, 0.1) is 38.6 Å². The van der Waals surface area contributed by atoms with Crippen LogP contribution in [0.15, 0.2) is 11.6 Å². The van der Waals surface area contributed by atoms with Crippen LogP contribution in [0, 0.1) is 5.92 Å². The molecule has 1 aliphatic carbocycles. The van der Waals surface area contributed by atoms with Gasteiger partial charge in [0.15, 0.2) is 0 Å². The molecule has 2 amide bonds. The topological polar surface area (TPSA) is 107 Å². The quantitative estimate of drug-likeness (QED) is 0.409. The molecule has 0 radical (unpaired) electrons. The highest BCUT2D eigenvalue weighted by atomic mass is 16.6. The number of carbonyl (C=O) groups is 3. The normalized spacial score (nSPS) is 28.1. The first-order valence-corrected chi connectivity index (χ1v) is 12.4. The van der Waals surface area contributed by atoms with E-state index in [1.165, 1.54) is 6.92 Å². The molecule has 2 fully saturated rings. The summed E-state index contributed by atoms with van der Waals surface area (Å²) in [7, 11) is 0. The molecule has 2 aliphatic heterocycles. The third kappa shape index (κ3) is 7.41. The second-order valence-corrected chi connectivity index (χ2v) is 9.15. The van der Waals surface area contributed by atoms with Gasteiger partial charge in [-0.15, -0.1) is 0 Å². The number of amides is 2. The summed E-state index contributed by atoms with van der Waals surface area (Å²) in [5.74, 6) is -0.270. The molecular weight excluding hydrogens is 442 g/mol. The molecule has 1 N–H and O–H groups in total. The Morgan fingerprint density at radius 2 is 1.91 bits per heavy atom. The molecule has 0 aromatic rings. The van der Waals surface area contributed by atoms with Gasteiger partial charge in [-0.25, -0.2) is 9.59 Å². The number of nitrogens with zero attached hydrogens (tertiary/aromatic N) is 2. The van der Waals surface area contributed by atoms with E-state index in [9.17, 15) is 14.4 Å². The molecule has 1 unspecified atom stereocenters. The molecule has 10 nitrogen and oxygen atoms in total. The summed E-state index contributed by atoms with van der Waals surface area (Å²) in [5, 5.41) is 3.09. The maximum atomic E-state index is 12.4. The molecule has 10 heteroatoms. The average molecular weight is 482 g/mol. The standard InChI is InChI=1S/C24H39N3O7/c1-4-32-23(29)19-14-17(2)22(25-18(3)28)21(15-19)27-7-5-6-20(16-27)33-12-13-34-24(30)26-8-10-31-11-9-26/h15,17,20-22H,4-14,16H2,1-3H3,(H,25,28)/t17?,20-,21+,22+/m0/s1. The van der Waals surface area contributed by atoms with Gasteiger partial charge in [-0.1, -0.05) is 13.0 Å². The molecule has 192 valence electrons. The number of morpholine rings is 1. The molecule has 4 atom stereocenters. The highest BCUT2D eigenvalue weighted by Crippen LogP contribution is 2.30. The van der Waals surface area contributed by atoms with Crippen LogP contribution in [0.4, 0.5) is 4.79 Å². The fraction of sp³-hybridized carbons (Fsp3) is 0.792. The Morgan fingerprint density at radius 1 is 1.15 bits per heavy atom. The Bertz CT molecular complexity index is 738. The van der Waals surface area contributed by atoms with Gasteiger partial charge >= 0.3 is 12.1 Å². The van der Waals surface area contributed by atoms with E-state index in [4.69, 9.17) is 18.9 Å². The van der Waals surface area contributed by atoms with E-state index in [1.54, 1.807) is 11.8 Å². The molecular formula is C24H39N3O7. The fourth-order valence-electron chi connectivity index (χ4n) is 4.91. The van der Waals surface area contributed by atoms with Gasteiger partial charge in [0.2, 0.25) is 5.91 Å². The monoisotopic (exact) mass is 481 g/mol. The minimum atomic E-state index is -0.330. The average Bonchev–Trinajstić information content (AvgIpc) is 2.83. The van der Waals surface area contributed by atoms with Crippen molar-refractivity contribution in [1.29, 1.82) is 0 Å². The van der Waals surface area contributed by atoms with E-state index in [-0.39, 0.29) is 48.7 Å². The number of piperidine rings is 1. The Kier molecular flexibility index (Phi) is 10.2. The first-order chi connectivity index (χ1) is 16.4. The predicted molar refractivity (Wildman–Crippen MR) is 124 cm³/mol. The zero-order chi connectivity index (χ0) is 24.5. The first-order valence-electron chi connectivity index (χ1n) is 12.4. The van der Waals surface area contributed by atoms with E-state index < -0.39 is 0 Å². The second-order valence-electron chi connectivity index (χ2n) is 9.15. The molecule has 2 saturated heterocycles. The maximum absolute atomic E-state index is 12.4. The van der Waals surface area contributed by atoms with E-state index in [2.05, 4.69) is 17.1 Å². The van der Waals surface area contributed by atoms with E-state index in [0.717, 1.165) is 19.4 Å². The van der Waals surface area contributed by atoms with Gasteiger partial charge in [-0.3, -0.25) is 9.69 Å². The Hall–Kier alpha value is -2.17. The second kappa shape index (κ2) is 13.1. The Morgan fingerprint density at radius 3 is 2.62 bits per heavy atom. The first kappa shape index (κ1) is 26.4. The van der Waals surface area contributed by atoms with Crippen molar-refractivity contribution in [3.8, 4) is 0 Å². The van der Waals surface area contributed by atoms with E-state index >= 15 is 0 Å². The molecule has 2 heterocycles. The molecule has 34 heavy (non-hydrogen) atoms. The van der Waals surface area contributed by atoms with Crippen LogP contribution < -0.4 is 5.32 Å². The van der Waals surface area contributed by atoms with Crippen LogP contribution >= 0.6 is 0 Å². The largest absolute Gasteiger partial charge is 0.463 e. The minimum absolute atomic E-state index is 0.00880. The summed E-state index contributed by atoms with van der Waals surface area (Å²) in [4.78, 5) is 40.4. The molecule has 0 aromatic carbocycles. The van der Waals surface area contributed by atoms with Crippen LogP contribution in [0.2, 0.25) is 0 Å². The van der Waals surface area contributed by atoms with Crippen LogP contribution in [0.1, 0.15) is 40.0 Å². The number of ether oxygens (including phenoxy) is 4. The van der Waals surface area contributed by atoms with Crippen LogP contribution in [-0.2, 0) is 28.5 Å². The van der Waals surface area contributed by atoms with Gasteiger partial charge in [-0.2, -0.15) is 0 Å². The highest BCUT2D eigenvalue weighted by Gasteiger charge is 2.38. The Balaban J connectivity index is 1.55. The van der Waals surface area contributed by atoms with Crippen molar-refractivity contribution in [2.45, 2.75) is 58.2 Å². The van der Waals surface area contributed by atoms with Gasteiger partial charge in [-0.05, 0) is 38.6 Å². The number of esters is 1. The van der Waals surface area contributed by atoms with Crippen molar-refractivity contribution in [3.05, 3.63) is 11.6 Å². The molecule has 0 spiro atoms. The summed E-state index contributed by atoms with van der Waals surface area (Å²) in [6.45, 7) is 9.95. The lowest BCUT2D eigenvalue weighted by atomic mass is 9.81. The summed E-state index contributed by atoms with van der Waals surface area (Å²) in [6, 6.07) is -0.207. The lowest BCUT2D eigenvalue weighted by Gasteiger charge is -2.44. The van der Waals surface area contributed by atoms with Crippen molar-refractivity contribution in [2.75, 3.05) is 59.2 Å². The Labute approximate surface area is 201 Å². The van der Waals surface area contributed by atoms with Gasteiger partial charge in [0.25, 0.3) is 0 Å². The van der Waals surface area contributed by atoms with Crippen molar-refractivity contribution < 1.29 is 33.3 Å². The maximum Gasteiger partial charge on any atom is 0.409 e. The highest BCUT2D eigenvalue weighted by molar-refractivity contribution is 5.89. The van der Waals surface area contributed by atoms with Gasteiger partial charge < -0.3 is 29.2 Å². The summed E-state index contributed by atoms with van der Waals surface area (Å²) >= 11 is 0. The number of nitrogens with one attached hydrogen (secondary N) is 1. The lowest BCUT2D eigenvalue weighted by molar-refractivity contribution is -0.139. The van der Waals surface area contributed by atoms with Crippen molar-refractivity contribution in [2.24, 2.45) is 5.92 Å². The zero-order valence-corrected chi connectivity index (χ0v) is 20.6. The van der Waals surface area contributed by atoms with Crippen molar-refractivity contribution in [3.63, 3.8) is 0 Å². The van der Waals surface area contributed by atoms with Crippen LogP contribution in [0.3, 0.4) is 0 Å². The van der Waals surface area contributed by atoms with Gasteiger partial charge in [0, 0.05) is 38.2 Å². The molecule has 3 rings (SSSR count). The van der Waals surface area contributed by atoms with E-state index in [0.29, 0.717) is 58.1 Å². The van der Waals surface area contributed by atoms with Crippen LogP contribution in [0.5, 0.6) is 0 Å². The number of hydrogen-bond donors (Lipinski definition) is 1. The smallest absolute Gasteiger partial charge is 0.409 e. The number of hydrogen-bond acceptors (Lipinski definition) is 8. The van der Waals surface area contributed by atoms with E-state index in [1.807, 2.05) is 6.08 Å². The summed E-state index contributed by atoms with van der Waals surface area (Å²) in [5.41, 5.74) is 0.666. The van der Waals surface area contributed by atoms with Crippen LogP contribution in [0.25, 0.3) is 0 Å². The van der Waals surface area contributed by atoms with Gasteiger partial charge in [0.1, 0.15) is 6.61 Å². The minimum Gasteiger partial charge on any atom is -0.463 e. The molecule has 3 aliphatic rings. The fourth-order valence-corrected chi connectivity index (χ4v) is 4.91. The summed E-state index contributed by atoms with van der Waals surface area (Å²) < 4.78 is 21.9. The lowest BCUT2D eigenvalue weighted by Crippen LogP contribution is -2.58. The summed E-state index contributed by atoms with van der Waals surface area (Å²) in [6.07, 6.45) is 4.05. The predicted octanol–water partition coefficient (Wildman–Crippen LogP) is 1.34. The third-order valence-electron chi connectivity index (χ3n) is 6.57. The molecule has 0 aromatic heterocycles. The van der Waals surface area contributed by atoms with Crippen molar-refractivity contribution >= 4 is 18.0 Å².